The quantitative estimate of drug-likeness (QED) is 0.537. The first-order chi connectivity index (χ1) is 10.5. The van der Waals surface area contributed by atoms with E-state index in [9.17, 15) is 4.79 Å². The lowest BCUT2D eigenvalue weighted by Crippen LogP contribution is -2.04. The zero-order valence-corrected chi connectivity index (χ0v) is 14.4. The van der Waals surface area contributed by atoms with Crippen LogP contribution >= 0.6 is 23.2 Å². The topological polar surface area (TPSA) is 44.1 Å². The molecule has 0 amide bonds. The summed E-state index contributed by atoms with van der Waals surface area (Å²) in [5, 5.41) is 1.06. The molecule has 0 N–H and O–H groups in total. The number of fused-ring (bicyclic) bond motifs is 1. The molecule has 1 aromatic heterocycles. The first-order valence-electron chi connectivity index (χ1n) is 7.50. The molecule has 4 nitrogen and oxygen atoms in total. The summed E-state index contributed by atoms with van der Waals surface area (Å²) in [6, 6.07) is 3.65. The molecule has 2 aromatic rings. The number of rotatable bonds is 7. The van der Waals surface area contributed by atoms with E-state index in [0.717, 1.165) is 42.7 Å². The molecule has 1 aromatic carbocycles. The van der Waals surface area contributed by atoms with Crippen molar-refractivity contribution in [3.05, 3.63) is 28.0 Å². The molecule has 0 unspecified atom stereocenters. The van der Waals surface area contributed by atoms with Gasteiger partial charge in [-0.15, -0.1) is 0 Å². The van der Waals surface area contributed by atoms with Crippen molar-refractivity contribution in [2.24, 2.45) is 0 Å². The molecule has 2 rings (SSSR count). The number of unbranched alkanes of at least 4 members (excludes halogenated alkanes) is 2. The van der Waals surface area contributed by atoms with Crippen molar-refractivity contribution in [1.82, 2.24) is 9.55 Å². The Labute approximate surface area is 140 Å². The molecule has 0 spiro atoms. The SMILES string of the molecule is CCOC(=O)CCCCCn1c(C)nc2cc(Cl)c(Cl)cc21. The second-order valence-corrected chi connectivity index (χ2v) is 6.00. The van der Waals surface area contributed by atoms with Crippen LogP contribution in [0.25, 0.3) is 11.0 Å². The van der Waals surface area contributed by atoms with Gasteiger partial charge in [-0.25, -0.2) is 4.98 Å². The molecule has 0 bridgehead atoms. The van der Waals surface area contributed by atoms with E-state index in [2.05, 4.69) is 9.55 Å². The van der Waals surface area contributed by atoms with Crippen molar-refractivity contribution in [2.75, 3.05) is 6.61 Å². The van der Waals surface area contributed by atoms with E-state index < -0.39 is 0 Å². The molecule has 6 heteroatoms. The zero-order valence-electron chi connectivity index (χ0n) is 12.9. The summed E-state index contributed by atoms with van der Waals surface area (Å²) in [5.41, 5.74) is 1.86. The maximum absolute atomic E-state index is 11.3. The fourth-order valence-electron chi connectivity index (χ4n) is 2.47. The van der Waals surface area contributed by atoms with Crippen molar-refractivity contribution in [2.45, 2.75) is 46.1 Å². The van der Waals surface area contributed by atoms with Gasteiger partial charge in [-0.2, -0.15) is 0 Å². The van der Waals surface area contributed by atoms with Gasteiger partial charge >= 0.3 is 5.97 Å². The van der Waals surface area contributed by atoms with Crippen LogP contribution in [0.5, 0.6) is 0 Å². The predicted octanol–water partition coefficient (Wildman–Crippen LogP) is 4.78. The number of imidazole rings is 1. The van der Waals surface area contributed by atoms with Crippen LogP contribution in [0, 0.1) is 6.92 Å². The Balaban J connectivity index is 1.93. The number of hydrogen-bond acceptors (Lipinski definition) is 3. The fraction of sp³-hybridized carbons (Fsp3) is 0.500. The number of nitrogens with zero attached hydrogens (tertiary/aromatic N) is 2. The second kappa shape index (κ2) is 7.84. The lowest BCUT2D eigenvalue weighted by atomic mass is 10.2. The summed E-state index contributed by atoms with van der Waals surface area (Å²) < 4.78 is 7.05. The number of aromatic nitrogens is 2. The van der Waals surface area contributed by atoms with Gasteiger partial charge in [-0.3, -0.25) is 4.79 Å². The van der Waals surface area contributed by atoms with Crippen LogP contribution in [0.1, 0.15) is 38.4 Å². The average molecular weight is 343 g/mol. The smallest absolute Gasteiger partial charge is 0.305 e. The molecule has 0 atom stereocenters. The number of benzene rings is 1. The standard InChI is InChI=1S/C16H20Cl2N2O2/c1-3-22-16(21)7-5-4-6-8-20-11(2)19-14-9-12(17)13(18)10-15(14)20/h9-10H,3-8H2,1-2H3. The lowest BCUT2D eigenvalue weighted by molar-refractivity contribution is -0.143. The van der Waals surface area contributed by atoms with Crippen LogP contribution in [0.2, 0.25) is 10.0 Å². The van der Waals surface area contributed by atoms with Crippen LogP contribution in [0.3, 0.4) is 0 Å². The highest BCUT2D eigenvalue weighted by Gasteiger charge is 2.10. The molecule has 0 aliphatic carbocycles. The van der Waals surface area contributed by atoms with Gasteiger partial charge in [0.15, 0.2) is 0 Å². The van der Waals surface area contributed by atoms with E-state index in [1.807, 2.05) is 19.9 Å². The summed E-state index contributed by atoms with van der Waals surface area (Å²) in [6.45, 7) is 5.09. The Bertz CT molecular complexity index is 668. The Hall–Kier alpha value is -1.26. The number of carbonyl (C=O) groups is 1. The monoisotopic (exact) mass is 342 g/mol. The van der Waals surface area contributed by atoms with Gasteiger partial charge in [0.25, 0.3) is 0 Å². The van der Waals surface area contributed by atoms with Gasteiger partial charge in [0, 0.05) is 13.0 Å². The van der Waals surface area contributed by atoms with Crippen molar-refractivity contribution in [3.63, 3.8) is 0 Å². The molecule has 1 heterocycles. The van der Waals surface area contributed by atoms with Gasteiger partial charge in [0.05, 0.1) is 27.7 Å². The predicted molar refractivity (Wildman–Crippen MR) is 89.6 cm³/mol. The largest absolute Gasteiger partial charge is 0.466 e. The molecule has 0 fully saturated rings. The number of hydrogen-bond donors (Lipinski definition) is 0. The highest BCUT2D eigenvalue weighted by atomic mass is 35.5. The summed E-state index contributed by atoms with van der Waals surface area (Å²) in [7, 11) is 0. The molecule has 0 aliphatic rings. The average Bonchev–Trinajstić information content (AvgIpc) is 2.75. The minimum Gasteiger partial charge on any atom is -0.466 e. The summed E-state index contributed by atoms with van der Waals surface area (Å²) in [4.78, 5) is 15.8. The minimum absolute atomic E-state index is 0.117. The molecule has 0 saturated heterocycles. The minimum atomic E-state index is -0.117. The molecular formula is C16H20Cl2N2O2. The zero-order chi connectivity index (χ0) is 16.1. The lowest BCUT2D eigenvalue weighted by Gasteiger charge is -2.07. The van der Waals surface area contributed by atoms with Gasteiger partial charge in [-0.05, 0) is 38.8 Å². The van der Waals surface area contributed by atoms with Crippen LogP contribution in [-0.4, -0.2) is 22.1 Å². The Morgan fingerprint density at radius 2 is 1.95 bits per heavy atom. The van der Waals surface area contributed by atoms with E-state index in [4.69, 9.17) is 27.9 Å². The molecule has 0 saturated carbocycles. The van der Waals surface area contributed by atoms with Crippen LogP contribution in [0.4, 0.5) is 0 Å². The third-order valence-corrected chi connectivity index (χ3v) is 4.27. The fourth-order valence-corrected chi connectivity index (χ4v) is 2.79. The molecular weight excluding hydrogens is 323 g/mol. The van der Waals surface area contributed by atoms with Gasteiger partial charge < -0.3 is 9.30 Å². The van der Waals surface area contributed by atoms with E-state index in [1.54, 1.807) is 6.07 Å². The highest BCUT2D eigenvalue weighted by Crippen LogP contribution is 2.28. The van der Waals surface area contributed by atoms with E-state index >= 15 is 0 Å². The first kappa shape index (κ1) is 17.1. The third kappa shape index (κ3) is 4.14. The van der Waals surface area contributed by atoms with Crippen molar-refractivity contribution in [1.29, 1.82) is 0 Å². The maximum atomic E-state index is 11.3. The van der Waals surface area contributed by atoms with Gasteiger partial charge in [0.2, 0.25) is 0 Å². The van der Waals surface area contributed by atoms with Crippen LogP contribution < -0.4 is 0 Å². The number of aryl methyl sites for hydroxylation is 2. The first-order valence-corrected chi connectivity index (χ1v) is 8.26. The number of carbonyl (C=O) groups excluding carboxylic acids is 1. The molecule has 0 radical (unpaired) electrons. The van der Waals surface area contributed by atoms with Crippen molar-refractivity contribution < 1.29 is 9.53 Å². The second-order valence-electron chi connectivity index (χ2n) is 5.18. The third-order valence-electron chi connectivity index (χ3n) is 3.55. The van der Waals surface area contributed by atoms with Crippen molar-refractivity contribution in [3.8, 4) is 0 Å². The summed E-state index contributed by atoms with van der Waals surface area (Å²) in [6.07, 6.45) is 3.28. The Morgan fingerprint density at radius 3 is 2.68 bits per heavy atom. The highest BCUT2D eigenvalue weighted by molar-refractivity contribution is 6.42. The van der Waals surface area contributed by atoms with Crippen LogP contribution in [0.15, 0.2) is 12.1 Å². The Kier molecular flexibility index (Phi) is 6.09. The molecule has 0 aliphatic heterocycles. The normalized spacial score (nSPS) is 11.1. The van der Waals surface area contributed by atoms with E-state index in [1.165, 1.54) is 0 Å². The summed E-state index contributed by atoms with van der Waals surface area (Å²) >= 11 is 12.1. The summed E-state index contributed by atoms with van der Waals surface area (Å²) in [5.74, 6) is 0.826. The van der Waals surface area contributed by atoms with Gasteiger partial charge in [-0.1, -0.05) is 29.6 Å². The Morgan fingerprint density at radius 1 is 1.23 bits per heavy atom. The number of esters is 1. The maximum Gasteiger partial charge on any atom is 0.305 e. The number of halogens is 2. The van der Waals surface area contributed by atoms with E-state index in [-0.39, 0.29) is 5.97 Å². The van der Waals surface area contributed by atoms with Crippen molar-refractivity contribution >= 4 is 40.2 Å². The number of ether oxygens (including phenoxy) is 1. The van der Waals surface area contributed by atoms with Gasteiger partial charge in [0.1, 0.15) is 5.82 Å². The van der Waals surface area contributed by atoms with Crippen LogP contribution in [-0.2, 0) is 16.1 Å². The van der Waals surface area contributed by atoms with E-state index in [0.29, 0.717) is 23.1 Å². The molecule has 22 heavy (non-hydrogen) atoms. The molecule has 120 valence electrons.